The third-order valence-corrected chi connectivity index (χ3v) is 5.35. The molecule has 124 valence electrons. The van der Waals surface area contributed by atoms with Crippen molar-refractivity contribution in [3.63, 3.8) is 0 Å². The molecular formula is C15H20N4O2S2. The van der Waals surface area contributed by atoms with Crippen LogP contribution in [0.1, 0.15) is 23.2 Å². The molecule has 0 saturated carbocycles. The first-order chi connectivity index (χ1) is 10.9. The minimum absolute atomic E-state index is 0.0151. The van der Waals surface area contributed by atoms with E-state index in [9.17, 15) is 9.59 Å². The first kappa shape index (κ1) is 17.7. The van der Waals surface area contributed by atoms with Gasteiger partial charge in [0.05, 0.1) is 16.5 Å². The van der Waals surface area contributed by atoms with Gasteiger partial charge in [0.25, 0.3) is 5.56 Å². The molecule has 6 nitrogen and oxygen atoms in total. The number of carbonyl (C=O) groups excluding carboxylic acids is 1. The molecule has 0 aromatic carbocycles. The van der Waals surface area contributed by atoms with Gasteiger partial charge in [0, 0.05) is 36.7 Å². The molecule has 8 heteroatoms. The summed E-state index contributed by atoms with van der Waals surface area (Å²) < 4.78 is 0. The highest BCUT2D eigenvalue weighted by atomic mass is 32.2. The molecule has 0 unspecified atom stereocenters. The highest BCUT2D eigenvalue weighted by Gasteiger charge is 2.20. The van der Waals surface area contributed by atoms with Gasteiger partial charge in [0.1, 0.15) is 0 Å². The van der Waals surface area contributed by atoms with Gasteiger partial charge in [-0.15, -0.1) is 11.3 Å². The van der Waals surface area contributed by atoms with Gasteiger partial charge in [-0.05, 0) is 20.8 Å². The summed E-state index contributed by atoms with van der Waals surface area (Å²) in [5, 5.41) is 0.162. The molecule has 0 bridgehead atoms. The maximum Gasteiger partial charge on any atom is 0.251 e. The number of hydrogen-bond acceptors (Lipinski definition) is 6. The highest BCUT2D eigenvalue weighted by molar-refractivity contribution is 8.00. The molecule has 23 heavy (non-hydrogen) atoms. The predicted molar refractivity (Wildman–Crippen MR) is 93.1 cm³/mol. The Kier molecular flexibility index (Phi) is 5.95. The molecule has 2 aromatic heterocycles. The van der Waals surface area contributed by atoms with Crippen molar-refractivity contribution in [1.82, 2.24) is 19.9 Å². The van der Waals surface area contributed by atoms with Crippen molar-refractivity contribution in [2.75, 3.05) is 13.6 Å². The topological polar surface area (TPSA) is 79.0 Å². The quantitative estimate of drug-likeness (QED) is 0.636. The first-order valence-corrected chi connectivity index (χ1v) is 9.01. The molecular weight excluding hydrogens is 332 g/mol. The molecule has 0 aliphatic rings. The lowest BCUT2D eigenvalue weighted by molar-refractivity contribution is -0.128. The number of carbonyl (C=O) groups is 1. The van der Waals surface area contributed by atoms with Crippen LogP contribution < -0.4 is 5.56 Å². The zero-order chi connectivity index (χ0) is 17.0. The second-order valence-corrected chi connectivity index (χ2v) is 7.59. The highest BCUT2D eigenvalue weighted by Crippen LogP contribution is 2.20. The average Bonchev–Trinajstić information content (AvgIpc) is 2.88. The molecule has 0 spiro atoms. The van der Waals surface area contributed by atoms with Crippen molar-refractivity contribution < 1.29 is 4.79 Å². The summed E-state index contributed by atoms with van der Waals surface area (Å²) in [6.07, 6.45) is 0.801. The van der Waals surface area contributed by atoms with Gasteiger partial charge in [-0.1, -0.05) is 11.8 Å². The molecule has 0 fully saturated rings. The zero-order valence-corrected chi connectivity index (χ0v) is 15.3. The largest absolute Gasteiger partial charge is 0.344 e. The Morgan fingerprint density at radius 1 is 1.48 bits per heavy atom. The molecule has 2 rings (SSSR count). The van der Waals surface area contributed by atoms with Crippen LogP contribution in [0, 0.1) is 13.8 Å². The van der Waals surface area contributed by atoms with Gasteiger partial charge in [-0.25, -0.2) is 9.97 Å². The van der Waals surface area contributed by atoms with E-state index in [0.29, 0.717) is 17.4 Å². The molecule has 0 saturated heterocycles. The average molecular weight is 352 g/mol. The fourth-order valence-electron chi connectivity index (χ4n) is 2.08. The van der Waals surface area contributed by atoms with Crippen LogP contribution in [0.2, 0.25) is 0 Å². The van der Waals surface area contributed by atoms with E-state index in [-0.39, 0.29) is 16.7 Å². The number of nitrogens with one attached hydrogen (secondary N) is 1. The van der Waals surface area contributed by atoms with Crippen LogP contribution in [0.25, 0.3) is 0 Å². The number of likely N-dealkylation sites (N-methyl/N-ethyl adjacent to an activating group) is 1. The summed E-state index contributed by atoms with van der Waals surface area (Å²) in [5.74, 6) is 0.0151. The maximum atomic E-state index is 12.4. The molecule has 2 aromatic rings. The number of aromatic amines is 1. The summed E-state index contributed by atoms with van der Waals surface area (Å²) in [6, 6.07) is 1.43. The second-order valence-electron chi connectivity index (χ2n) is 5.32. The smallest absolute Gasteiger partial charge is 0.251 e. The predicted octanol–water partition coefficient (Wildman–Crippen LogP) is 2.02. The number of rotatable bonds is 6. The number of thioether (sulfide) groups is 1. The van der Waals surface area contributed by atoms with E-state index in [1.54, 1.807) is 30.2 Å². The Morgan fingerprint density at radius 2 is 2.22 bits per heavy atom. The Morgan fingerprint density at radius 3 is 2.83 bits per heavy atom. The minimum Gasteiger partial charge on any atom is -0.344 e. The van der Waals surface area contributed by atoms with Crippen LogP contribution in [-0.2, 0) is 11.2 Å². The summed E-state index contributed by atoms with van der Waals surface area (Å²) in [5.41, 5.74) is 3.29. The van der Waals surface area contributed by atoms with E-state index in [4.69, 9.17) is 0 Å². The molecule has 1 amide bonds. The minimum atomic E-state index is -0.312. The number of aromatic nitrogens is 3. The van der Waals surface area contributed by atoms with Gasteiger partial charge in [0.15, 0.2) is 5.16 Å². The van der Waals surface area contributed by atoms with Crippen LogP contribution >= 0.6 is 23.1 Å². The number of H-pyrrole nitrogens is 1. The molecule has 0 aliphatic carbocycles. The van der Waals surface area contributed by atoms with Crippen molar-refractivity contribution in [2.24, 2.45) is 0 Å². The Bertz CT molecular complexity index is 741. The van der Waals surface area contributed by atoms with Gasteiger partial charge in [-0.3, -0.25) is 9.59 Å². The van der Waals surface area contributed by atoms with E-state index in [1.165, 1.54) is 22.7 Å². The molecule has 0 radical (unpaired) electrons. The van der Waals surface area contributed by atoms with Gasteiger partial charge < -0.3 is 9.88 Å². The Labute approximate surface area is 143 Å². The van der Waals surface area contributed by atoms with Crippen molar-refractivity contribution >= 4 is 29.0 Å². The summed E-state index contributed by atoms with van der Waals surface area (Å²) >= 11 is 2.88. The number of thiazole rings is 1. The second kappa shape index (κ2) is 7.74. The number of nitrogens with zero attached hydrogens (tertiary/aromatic N) is 3. The van der Waals surface area contributed by atoms with Gasteiger partial charge in [-0.2, -0.15) is 0 Å². The van der Waals surface area contributed by atoms with Crippen LogP contribution in [0.4, 0.5) is 0 Å². The van der Waals surface area contributed by atoms with Crippen LogP contribution in [-0.4, -0.2) is 44.6 Å². The normalized spacial score (nSPS) is 12.2. The number of aryl methyl sites for hydroxylation is 2. The van der Waals surface area contributed by atoms with Crippen molar-refractivity contribution in [3.05, 3.63) is 38.2 Å². The molecule has 1 N–H and O–H groups in total. The fourth-order valence-corrected chi connectivity index (χ4v) is 3.82. The number of amides is 1. The van der Waals surface area contributed by atoms with E-state index in [0.717, 1.165) is 12.1 Å². The number of hydrogen-bond donors (Lipinski definition) is 1. The van der Waals surface area contributed by atoms with Crippen molar-refractivity contribution in [2.45, 2.75) is 37.6 Å². The maximum absolute atomic E-state index is 12.4. The molecule has 0 aliphatic heterocycles. The van der Waals surface area contributed by atoms with Gasteiger partial charge in [0.2, 0.25) is 5.91 Å². The summed E-state index contributed by atoms with van der Waals surface area (Å²) in [7, 11) is 1.79. The third kappa shape index (κ3) is 4.90. The van der Waals surface area contributed by atoms with Crippen LogP contribution in [0.5, 0.6) is 0 Å². The summed E-state index contributed by atoms with van der Waals surface area (Å²) in [4.78, 5) is 37.9. The first-order valence-electron chi connectivity index (χ1n) is 7.25. The van der Waals surface area contributed by atoms with Crippen LogP contribution in [0.3, 0.4) is 0 Å². The lowest BCUT2D eigenvalue weighted by Gasteiger charge is -2.20. The monoisotopic (exact) mass is 352 g/mol. The SMILES string of the molecule is Cc1cc(=O)[nH]c(S[C@H](C)C(=O)N(C)CCc2scnc2C)n1. The lowest BCUT2D eigenvalue weighted by Crippen LogP contribution is -2.34. The van der Waals surface area contributed by atoms with E-state index >= 15 is 0 Å². The van der Waals surface area contributed by atoms with Crippen LogP contribution in [0.15, 0.2) is 21.5 Å². The zero-order valence-electron chi connectivity index (χ0n) is 13.6. The van der Waals surface area contributed by atoms with E-state index in [2.05, 4.69) is 15.0 Å². The standard InChI is InChI=1S/C15H20N4O2S2/c1-9-7-13(20)18-15(17-9)23-11(3)14(21)19(4)6-5-12-10(2)16-8-22-12/h7-8,11H,5-6H2,1-4H3,(H,17,18,20)/t11-/m1/s1. The Balaban J connectivity index is 1.93. The van der Waals surface area contributed by atoms with E-state index in [1.807, 2.05) is 19.4 Å². The molecule has 2 heterocycles. The lowest BCUT2D eigenvalue weighted by atomic mass is 10.3. The fraction of sp³-hybridized carbons (Fsp3) is 0.467. The third-order valence-electron chi connectivity index (χ3n) is 3.38. The van der Waals surface area contributed by atoms with Gasteiger partial charge >= 0.3 is 0 Å². The van der Waals surface area contributed by atoms with Crippen molar-refractivity contribution in [3.8, 4) is 0 Å². The van der Waals surface area contributed by atoms with E-state index < -0.39 is 0 Å². The summed E-state index contributed by atoms with van der Waals surface area (Å²) in [6.45, 7) is 6.20. The van der Waals surface area contributed by atoms with Crippen molar-refractivity contribution in [1.29, 1.82) is 0 Å². The Hall–Kier alpha value is -1.67. The molecule has 1 atom stereocenters.